The van der Waals surface area contributed by atoms with E-state index in [1.54, 1.807) is 6.07 Å². The second-order valence-electron chi connectivity index (χ2n) is 8.00. The molecule has 0 aromatic heterocycles. The van der Waals surface area contributed by atoms with Gasteiger partial charge in [-0.05, 0) is 37.8 Å². The van der Waals surface area contributed by atoms with Crippen LogP contribution in [-0.4, -0.2) is 42.0 Å². The molecule has 152 valence electrons. The number of likely N-dealkylation sites (tertiary alicyclic amines) is 1. The van der Waals surface area contributed by atoms with E-state index in [2.05, 4.69) is 29.4 Å². The van der Waals surface area contributed by atoms with Crippen molar-refractivity contribution in [2.45, 2.75) is 65.0 Å². The van der Waals surface area contributed by atoms with Crippen molar-refractivity contribution in [3.8, 4) is 0 Å². The highest BCUT2D eigenvalue weighted by molar-refractivity contribution is 5.82. The van der Waals surface area contributed by atoms with Crippen molar-refractivity contribution < 1.29 is 18.0 Å². The zero-order valence-electron chi connectivity index (χ0n) is 16.4. The molecule has 1 aliphatic rings. The van der Waals surface area contributed by atoms with E-state index in [1.165, 1.54) is 12.1 Å². The maximum Gasteiger partial charge on any atom is 0.416 e. The van der Waals surface area contributed by atoms with E-state index in [9.17, 15) is 18.0 Å². The van der Waals surface area contributed by atoms with E-state index < -0.39 is 11.7 Å². The standard InChI is InChI=1S/C20H30F3N3O/c1-13(2)11-26-12-16(9-18(26)19(27)25-14(3)4)24-10-15-7-5-6-8-17(15)20(21,22)23/h5-8,13-14,16,18,24H,9-12H2,1-4H3,(H,25,27)/t16-,18+/m1/s1. The number of rotatable bonds is 7. The van der Waals surface area contributed by atoms with Gasteiger partial charge in [-0.15, -0.1) is 0 Å². The minimum Gasteiger partial charge on any atom is -0.353 e. The van der Waals surface area contributed by atoms with Gasteiger partial charge in [0.15, 0.2) is 0 Å². The summed E-state index contributed by atoms with van der Waals surface area (Å²) in [4.78, 5) is 14.7. The monoisotopic (exact) mass is 385 g/mol. The summed E-state index contributed by atoms with van der Waals surface area (Å²) >= 11 is 0. The van der Waals surface area contributed by atoms with Crippen LogP contribution in [-0.2, 0) is 17.5 Å². The second-order valence-corrected chi connectivity index (χ2v) is 8.00. The number of carbonyl (C=O) groups is 1. The van der Waals surface area contributed by atoms with E-state index in [0.29, 0.717) is 18.9 Å². The third-order valence-electron chi connectivity index (χ3n) is 4.64. The first-order chi connectivity index (χ1) is 12.6. The first-order valence-electron chi connectivity index (χ1n) is 9.50. The van der Waals surface area contributed by atoms with Gasteiger partial charge in [-0.3, -0.25) is 9.69 Å². The number of nitrogens with zero attached hydrogens (tertiary/aromatic N) is 1. The highest BCUT2D eigenvalue weighted by Gasteiger charge is 2.37. The van der Waals surface area contributed by atoms with Crippen LogP contribution in [0.5, 0.6) is 0 Å². The van der Waals surface area contributed by atoms with Gasteiger partial charge in [0.25, 0.3) is 0 Å². The van der Waals surface area contributed by atoms with E-state index in [4.69, 9.17) is 0 Å². The summed E-state index contributed by atoms with van der Waals surface area (Å²) in [6.45, 7) is 9.60. The number of nitrogens with one attached hydrogen (secondary N) is 2. The number of alkyl halides is 3. The summed E-state index contributed by atoms with van der Waals surface area (Å²) < 4.78 is 39.5. The quantitative estimate of drug-likeness (QED) is 0.756. The molecule has 1 aliphatic heterocycles. The van der Waals surface area contributed by atoms with Gasteiger partial charge in [-0.2, -0.15) is 13.2 Å². The molecule has 0 bridgehead atoms. The van der Waals surface area contributed by atoms with Crippen molar-refractivity contribution in [2.24, 2.45) is 5.92 Å². The van der Waals surface area contributed by atoms with Gasteiger partial charge in [0.2, 0.25) is 5.91 Å². The van der Waals surface area contributed by atoms with Crippen LogP contribution in [0.2, 0.25) is 0 Å². The van der Waals surface area contributed by atoms with Gasteiger partial charge in [-0.25, -0.2) is 0 Å². The highest BCUT2D eigenvalue weighted by atomic mass is 19.4. The molecule has 1 heterocycles. The lowest BCUT2D eigenvalue weighted by atomic mass is 10.1. The molecule has 1 aromatic carbocycles. The lowest BCUT2D eigenvalue weighted by Crippen LogP contribution is -2.46. The Labute approximate surface area is 159 Å². The molecule has 1 saturated heterocycles. The van der Waals surface area contributed by atoms with Crippen molar-refractivity contribution >= 4 is 5.91 Å². The molecule has 2 N–H and O–H groups in total. The largest absolute Gasteiger partial charge is 0.416 e. The summed E-state index contributed by atoms with van der Waals surface area (Å²) in [5.74, 6) is 0.398. The zero-order chi connectivity index (χ0) is 20.2. The molecule has 0 saturated carbocycles. The van der Waals surface area contributed by atoms with Gasteiger partial charge < -0.3 is 10.6 Å². The molecule has 7 heteroatoms. The lowest BCUT2D eigenvalue weighted by Gasteiger charge is -2.25. The van der Waals surface area contributed by atoms with Gasteiger partial charge in [0.05, 0.1) is 11.6 Å². The van der Waals surface area contributed by atoms with E-state index in [-0.39, 0.29) is 36.1 Å². The second kappa shape index (κ2) is 9.06. The normalized spacial score (nSPS) is 21.2. The fraction of sp³-hybridized carbons (Fsp3) is 0.650. The Morgan fingerprint density at radius 2 is 1.89 bits per heavy atom. The molecule has 1 fully saturated rings. The van der Waals surface area contributed by atoms with E-state index in [0.717, 1.165) is 12.6 Å². The number of hydrogen-bond acceptors (Lipinski definition) is 3. The van der Waals surface area contributed by atoms with E-state index in [1.807, 2.05) is 13.8 Å². The maximum absolute atomic E-state index is 13.2. The van der Waals surface area contributed by atoms with Crippen LogP contribution >= 0.6 is 0 Å². The topological polar surface area (TPSA) is 44.4 Å². The first-order valence-corrected chi connectivity index (χ1v) is 9.50. The minimum absolute atomic E-state index is 0.00867. The summed E-state index contributed by atoms with van der Waals surface area (Å²) in [6, 6.07) is 5.42. The number of benzene rings is 1. The summed E-state index contributed by atoms with van der Waals surface area (Å²) in [5, 5.41) is 6.18. The van der Waals surface area contributed by atoms with Gasteiger partial charge in [-0.1, -0.05) is 32.0 Å². The Morgan fingerprint density at radius 1 is 1.22 bits per heavy atom. The van der Waals surface area contributed by atoms with E-state index >= 15 is 0 Å². The smallest absolute Gasteiger partial charge is 0.353 e. The molecule has 0 spiro atoms. The molecule has 2 rings (SSSR count). The number of hydrogen-bond donors (Lipinski definition) is 2. The van der Waals surface area contributed by atoms with Crippen LogP contribution in [0.15, 0.2) is 24.3 Å². The molecule has 1 amide bonds. The number of halogens is 3. The molecule has 2 atom stereocenters. The van der Waals surface area contributed by atoms with Gasteiger partial charge >= 0.3 is 6.18 Å². The molecular weight excluding hydrogens is 355 g/mol. The third kappa shape index (κ3) is 6.21. The van der Waals surface area contributed by atoms with Crippen LogP contribution in [0.1, 0.15) is 45.2 Å². The Morgan fingerprint density at radius 3 is 2.48 bits per heavy atom. The predicted molar refractivity (Wildman–Crippen MR) is 100 cm³/mol. The molecule has 0 aliphatic carbocycles. The van der Waals surface area contributed by atoms with Crippen molar-refractivity contribution in [1.29, 1.82) is 0 Å². The SMILES string of the molecule is CC(C)CN1C[C@H](NCc2ccccc2C(F)(F)F)C[C@H]1C(=O)NC(C)C. The fourth-order valence-corrected chi connectivity index (χ4v) is 3.58. The molecule has 1 aromatic rings. The van der Waals surface area contributed by atoms with Crippen molar-refractivity contribution in [1.82, 2.24) is 15.5 Å². The number of carbonyl (C=O) groups excluding carboxylic acids is 1. The van der Waals surface area contributed by atoms with Crippen molar-refractivity contribution in [3.05, 3.63) is 35.4 Å². The molecule has 0 unspecified atom stereocenters. The molecule has 27 heavy (non-hydrogen) atoms. The van der Waals surface area contributed by atoms with Crippen LogP contribution in [0.3, 0.4) is 0 Å². The minimum atomic E-state index is -4.36. The molecule has 0 radical (unpaired) electrons. The Hall–Kier alpha value is -1.60. The summed E-state index contributed by atoms with van der Waals surface area (Å²) in [7, 11) is 0. The van der Waals surface area contributed by atoms with Gasteiger partial charge in [0.1, 0.15) is 0 Å². The average molecular weight is 385 g/mol. The zero-order valence-corrected chi connectivity index (χ0v) is 16.4. The van der Waals surface area contributed by atoms with Crippen LogP contribution < -0.4 is 10.6 Å². The van der Waals surface area contributed by atoms with Crippen LogP contribution in [0, 0.1) is 5.92 Å². The molecule has 4 nitrogen and oxygen atoms in total. The number of amides is 1. The lowest BCUT2D eigenvalue weighted by molar-refractivity contribution is -0.138. The first kappa shape index (κ1) is 21.7. The van der Waals surface area contributed by atoms with Crippen LogP contribution in [0.25, 0.3) is 0 Å². The maximum atomic E-state index is 13.2. The average Bonchev–Trinajstić information content (AvgIpc) is 2.94. The fourth-order valence-electron chi connectivity index (χ4n) is 3.58. The van der Waals surface area contributed by atoms with Crippen LogP contribution in [0.4, 0.5) is 13.2 Å². The summed E-state index contributed by atoms with van der Waals surface area (Å²) in [5.41, 5.74) is -0.376. The summed E-state index contributed by atoms with van der Waals surface area (Å²) in [6.07, 6.45) is -3.77. The Balaban J connectivity index is 2.04. The molecular formula is C20H30F3N3O. The predicted octanol–water partition coefficient (Wildman–Crippen LogP) is 3.42. The Bertz CT molecular complexity index is 631. The van der Waals surface area contributed by atoms with Gasteiger partial charge in [0, 0.05) is 31.7 Å². The van der Waals surface area contributed by atoms with Crippen molar-refractivity contribution in [2.75, 3.05) is 13.1 Å². The highest BCUT2D eigenvalue weighted by Crippen LogP contribution is 2.32. The third-order valence-corrected chi connectivity index (χ3v) is 4.64. The Kier molecular flexibility index (Phi) is 7.28. The van der Waals surface area contributed by atoms with Crippen molar-refractivity contribution in [3.63, 3.8) is 0 Å².